The highest BCUT2D eigenvalue weighted by molar-refractivity contribution is 5.80. The summed E-state index contributed by atoms with van der Waals surface area (Å²) in [5, 5.41) is 0. The van der Waals surface area contributed by atoms with E-state index >= 15 is 0 Å². The molecule has 3 aromatic carbocycles. The molecule has 0 aliphatic carbocycles. The molecular weight excluding hydrogens is 344 g/mol. The number of hydrogen-bond acceptors (Lipinski definition) is 2. The molecule has 3 heteroatoms. The maximum absolute atomic E-state index is 5.95. The lowest BCUT2D eigenvalue weighted by atomic mass is 10.1. The topological polar surface area (TPSA) is 27.1 Å². The highest BCUT2D eigenvalue weighted by Gasteiger charge is 2.12. The van der Waals surface area contributed by atoms with Crippen molar-refractivity contribution in [2.24, 2.45) is 0 Å². The predicted molar refractivity (Wildman–Crippen MR) is 116 cm³/mol. The van der Waals surface area contributed by atoms with E-state index in [1.54, 1.807) is 0 Å². The van der Waals surface area contributed by atoms with Crippen LogP contribution in [-0.2, 0) is 6.54 Å². The lowest BCUT2D eigenvalue weighted by Crippen LogP contribution is -2.04. The Balaban J connectivity index is 1.47. The zero-order chi connectivity index (χ0) is 19.3. The van der Waals surface area contributed by atoms with E-state index in [0.29, 0.717) is 0 Å². The second kappa shape index (κ2) is 8.30. The number of unbranched alkanes of at least 4 members (excludes halogenated alkanes) is 1. The number of rotatable bonds is 7. The van der Waals surface area contributed by atoms with Crippen LogP contribution in [0, 0.1) is 13.8 Å². The summed E-state index contributed by atoms with van der Waals surface area (Å²) in [7, 11) is 0. The van der Waals surface area contributed by atoms with Gasteiger partial charge in [-0.05, 0) is 50.5 Å². The second-order valence-electron chi connectivity index (χ2n) is 7.26. The van der Waals surface area contributed by atoms with E-state index < -0.39 is 0 Å². The van der Waals surface area contributed by atoms with Crippen molar-refractivity contribution in [3.63, 3.8) is 0 Å². The van der Waals surface area contributed by atoms with Gasteiger partial charge in [0, 0.05) is 12.1 Å². The van der Waals surface area contributed by atoms with Gasteiger partial charge in [-0.3, -0.25) is 0 Å². The minimum atomic E-state index is 0.733. The Labute approximate surface area is 166 Å². The molecule has 0 radical (unpaired) electrons. The number of hydrogen-bond donors (Lipinski definition) is 0. The van der Waals surface area contributed by atoms with E-state index in [-0.39, 0.29) is 0 Å². The summed E-state index contributed by atoms with van der Waals surface area (Å²) in [6, 6.07) is 25.2. The summed E-state index contributed by atoms with van der Waals surface area (Å²) in [5.41, 5.74) is 5.86. The smallest absolute Gasteiger partial charge is 0.141 e. The predicted octanol–water partition coefficient (Wildman–Crippen LogP) is 6.18. The number of imidazole rings is 1. The van der Waals surface area contributed by atoms with Crippen LogP contribution >= 0.6 is 0 Å². The number of benzene rings is 3. The van der Waals surface area contributed by atoms with Crippen LogP contribution in [0.4, 0.5) is 0 Å². The van der Waals surface area contributed by atoms with Crippen molar-refractivity contribution in [1.29, 1.82) is 0 Å². The van der Waals surface area contributed by atoms with E-state index in [1.807, 2.05) is 18.2 Å². The molecule has 0 unspecified atom stereocenters. The van der Waals surface area contributed by atoms with E-state index in [2.05, 4.69) is 73.0 Å². The molecule has 0 bridgehead atoms. The molecule has 0 saturated heterocycles. The Morgan fingerprint density at radius 1 is 0.821 bits per heavy atom. The maximum atomic E-state index is 5.95. The lowest BCUT2D eigenvalue weighted by Gasteiger charge is -2.11. The van der Waals surface area contributed by atoms with Crippen LogP contribution in [0.15, 0.2) is 72.8 Å². The Bertz CT molecular complexity index is 1060. The van der Waals surface area contributed by atoms with Crippen LogP contribution in [0.5, 0.6) is 5.75 Å². The Morgan fingerprint density at radius 2 is 1.57 bits per heavy atom. The van der Waals surface area contributed by atoms with Gasteiger partial charge in [0.15, 0.2) is 0 Å². The van der Waals surface area contributed by atoms with Crippen LogP contribution in [0.1, 0.15) is 24.0 Å². The molecule has 3 nitrogen and oxygen atoms in total. The zero-order valence-electron chi connectivity index (χ0n) is 16.6. The average molecular weight is 370 g/mol. The molecule has 142 valence electrons. The van der Waals surface area contributed by atoms with Crippen LogP contribution in [0.3, 0.4) is 0 Å². The van der Waals surface area contributed by atoms with Crippen molar-refractivity contribution in [2.45, 2.75) is 33.2 Å². The molecule has 0 fully saturated rings. The Hall–Kier alpha value is -3.07. The monoisotopic (exact) mass is 370 g/mol. The Morgan fingerprint density at radius 3 is 2.39 bits per heavy atom. The molecule has 0 amide bonds. The van der Waals surface area contributed by atoms with Crippen molar-refractivity contribution in [1.82, 2.24) is 9.55 Å². The van der Waals surface area contributed by atoms with Gasteiger partial charge in [0.2, 0.25) is 0 Å². The first-order valence-corrected chi connectivity index (χ1v) is 9.93. The number of aryl methyl sites for hydroxylation is 3. The normalized spacial score (nSPS) is 11.1. The van der Waals surface area contributed by atoms with Gasteiger partial charge in [-0.2, -0.15) is 0 Å². The first-order chi connectivity index (χ1) is 13.7. The third kappa shape index (κ3) is 3.94. The lowest BCUT2D eigenvalue weighted by molar-refractivity contribution is 0.302. The van der Waals surface area contributed by atoms with Gasteiger partial charge >= 0.3 is 0 Å². The molecule has 0 spiro atoms. The van der Waals surface area contributed by atoms with E-state index in [4.69, 9.17) is 9.72 Å². The van der Waals surface area contributed by atoms with Gasteiger partial charge in [-0.25, -0.2) is 4.98 Å². The SMILES string of the molecule is Cc1ccc(-c2nc3ccccc3n2CCCCOc2ccccc2C)cc1. The molecule has 1 aromatic heterocycles. The van der Waals surface area contributed by atoms with Gasteiger partial charge in [0.05, 0.1) is 17.6 Å². The van der Waals surface area contributed by atoms with Crippen LogP contribution < -0.4 is 4.74 Å². The standard InChI is InChI=1S/C25H26N2O/c1-19-13-15-21(16-14-19)25-26-22-10-4-5-11-23(22)27(25)17-7-8-18-28-24-12-6-3-9-20(24)2/h3-6,9-16H,7-8,17-18H2,1-2H3. The van der Waals surface area contributed by atoms with E-state index in [0.717, 1.165) is 48.6 Å². The summed E-state index contributed by atoms with van der Waals surface area (Å²) in [6.45, 7) is 5.86. The van der Waals surface area contributed by atoms with Crippen molar-refractivity contribution in [2.75, 3.05) is 6.61 Å². The van der Waals surface area contributed by atoms with Crippen molar-refractivity contribution >= 4 is 11.0 Å². The molecule has 28 heavy (non-hydrogen) atoms. The summed E-state index contributed by atoms with van der Waals surface area (Å²) in [6.07, 6.45) is 2.05. The van der Waals surface area contributed by atoms with Gasteiger partial charge in [-0.1, -0.05) is 60.2 Å². The maximum Gasteiger partial charge on any atom is 0.141 e. The molecule has 0 N–H and O–H groups in total. The molecule has 0 saturated carbocycles. The third-order valence-corrected chi connectivity index (χ3v) is 5.09. The fourth-order valence-electron chi connectivity index (χ4n) is 3.50. The number of para-hydroxylation sites is 3. The molecule has 4 aromatic rings. The van der Waals surface area contributed by atoms with Crippen molar-refractivity contribution in [3.8, 4) is 17.1 Å². The van der Waals surface area contributed by atoms with Crippen LogP contribution in [-0.4, -0.2) is 16.2 Å². The van der Waals surface area contributed by atoms with Gasteiger partial charge in [0.1, 0.15) is 11.6 Å². The molecule has 0 atom stereocenters. The molecule has 4 rings (SSSR count). The van der Waals surface area contributed by atoms with E-state index in [9.17, 15) is 0 Å². The largest absolute Gasteiger partial charge is 0.493 e. The minimum absolute atomic E-state index is 0.733. The van der Waals surface area contributed by atoms with Gasteiger partial charge in [0.25, 0.3) is 0 Å². The second-order valence-corrected chi connectivity index (χ2v) is 7.26. The van der Waals surface area contributed by atoms with Crippen LogP contribution in [0.2, 0.25) is 0 Å². The first-order valence-electron chi connectivity index (χ1n) is 9.93. The number of fused-ring (bicyclic) bond motifs is 1. The van der Waals surface area contributed by atoms with Crippen LogP contribution in [0.25, 0.3) is 22.4 Å². The summed E-state index contributed by atoms with van der Waals surface area (Å²) in [5.74, 6) is 2.02. The van der Waals surface area contributed by atoms with Gasteiger partial charge in [-0.15, -0.1) is 0 Å². The number of nitrogens with zero attached hydrogens (tertiary/aromatic N) is 2. The summed E-state index contributed by atoms with van der Waals surface area (Å²) >= 11 is 0. The first kappa shape index (κ1) is 18.3. The van der Waals surface area contributed by atoms with Gasteiger partial charge < -0.3 is 9.30 Å². The molecule has 0 aliphatic heterocycles. The average Bonchev–Trinajstić information content (AvgIpc) is 3.08. The molecular formula is C25H26N2O. The quantitative estimate of drug-likeness (QED) is 0.363. The molecule has 1 heterocycles. The highest BCUT2D eigenvalue weighted by atomic mass is 16.5. The fraction of sp³-hybridized carbons (Fsp3) is 0.240. The minimum Gasteiger partial charge on any atom is -0.493 e. The number of aromatic nitrogens is 2. The highest BCUT2D eigenvalue weighted by Crippen LogP contribution is 2.26. The summed E-state index contributed by atoms with van der Waals surface area (Å²) in [4.78, 5) is 4.90. The summed E-state index contributed by atoms with van der Waals surface area (Å²) < 4.78 is 8.29. The van der Waals surface area contributed by atoms with E-state index in [1.165, 1.54) is 16.6 Å². The number of ether oxygens (including phenoxy) is 1. The molecule has 0 aliphatic rings. The Kier molecular flexibility index (Phi) is 5.43. The van der Waals surface area contributed by atoms with Crippen molar-refractivity contribution in [3.05, 3.63) is 83.9 Å². The third-order valence-electron chi connectivity index (χ3n) is 5.09. The fourth-order valence-corrected chi connectivity index (χ4v) is 3.50. The van der Waals surface area contributed by atoms with Crippen molar-refractivity contribution < 1.29 is 4.74 Å². The zero-order valence-corrected chi connectivity index (χ0v) is 16.6.